The van der Waals surface area contributed by atoms with Crippen molar-refractivity contribution in [3.05, 3.63) is 52.0 Å². The van der Waals surface area contributed by atoms with Gasteiger partial charge < -0.3 is 10.1 Å². The van der Waals surface area contributed by atoms with Crippen LogP contribution in [0.3, 0.4) is 0 Å². The van der Waals surface area contributed by atoms with Gasteiger partial charge >= 0.3 is 0 Å². The largest absolute Gasteiger partial charge is 0.490 e. The van der Waals surface area contributed by atoms with E-state index >= 15 is 0 Å². The van der Waals surface area contributed by atoms with Crippen molar-refractivity contribution in [3.8, 4) is 5.75 Å². The highest BCUT2D eigenvalue weighted by molar-refractivity contribution is 7.89. The summed E-state index contributed by atoms with van der Waals surface area (Å²) in [6.45, 7) is 3.63. The van der Waals surface area contributed by atoms with Crippen molar-refractivity contribution in [2.45, 2.75) is 50.3 Å². The minimum atomic E-state index is -3.54. The van der Waals surface area contributed by atoms with Gasteiger partial charge in [0.05, 0.1) is 21.5 Å². The van der Waals surface area contributed by atoms with Gasteiger partial charge in [0.2, 0.25) is 10.0 Å². The first-order chi connectivity index (χ1) is 15.3. The highest BCUT2D eigenvalue weighted by atomic mass is 35.5. The van der Waals surface area contributed by atoms with E-state index in [9.17, 15) is 13.2 Å². The number of benzene rings is 2. The molecule has 0 bridgehead atoms. The molecule has 0 unspecified atom stereocenters. The first-order valence-electron chi connectivity index (χ1n) is 10.9. The topological polar surface area (TPSA) is 75.7 Å². The highest BCUT2D eigenvalue weighted by Gasteiger charge is 2.25. The zero-order valence-corrected chi connectivity index (χ0v) is 20.4. The van der Waals surface area contributed by atoms with Gasteiger partial charge in [0.15, 0.2) is 5.75 Å². The smallest absolute Gasteiger partial charge is 0.255 e. The van der Waals surface area contributed by atoms with E-state index in [4.69, 9.17) is 27.9 Å². The van der Waals surface area contributed by atoms with Crippen LogP contribution in [0.1, 0.15) is 55.8 Å². The molecule has 1 amide bonds. The number of unbranched alkanes of at least 4 members (excludes halogenated alkanes) is 1. The molecule has 1 aliphatic rings. The van der Waals surface area contributed by atoms with E-state index < -0.39 is 15.9 Å². The number of nitrogens with zero attached hydrogens (tertiary/aromatic N) is 1. The van der Waals surface area contributed by atoms with Crippen LogP contribution in [0.4, 0.5) is 5.69 Å². The van der Waals surface area contributed by atoms with E-state index in [2.05, 4.69) is 12.2 Å². The number of sulfonamides is 1. The maximum atomic E-state index is 12.9. The molecular weight excluding hydrogens is 471 g/mol. The van der Waals surface area contributed by atoms with E-state index in [1.54, 1.807) is 16.4 Å². The standard InChI is InChI=1S/C23H28Cl2N2O4S/c1-2-3-14-31-22-20(24)15-17(16-21(22)25)23(28)26-18-8-10-19(11-9-18)32(29,30)27-12-6-4-5-7-13-27/h8-11,15-16H,2-7,12-14H2,1H3,(H,26,28). The predicted octanol–water partition coefficient (Wildman–Crippen LogP) is 5.99. The molecule has 32 heavy (non-hydrogen) atoms. The van der Waals surface area contributed by atoms with Gasteiger partial charge in [-0.2, -0.15) is 4.31 Å². The second-order valence-corrected chi connectivity index (χ2v) is 10.5. The zero-order valence-electron chi connectivity index (χ0n) is 18.1. The maximum Gasteiger partial charge on any atom is 0.255 e. The fourth-order valence-corrected chi connectivity index (χ4v) is 5.61. The van der Waals surface area contributed by atoms with Gasteiger partial charge in [-0.25, -0.2) is 8.42 Å². The van der Waals surface area contributed by atoms with Crippen molar-refractivity contribution in [2.24, 2.45) is 0 Å². The third-order valence-electron chi connectivity index (χ3n) is 5.32. The summed E-state index contributed by atoms with van der Waals surface area (Å²) in [7, 11) is -3.54. The van der Waals surface area contributed by atoms with Gasteiger partial charge in [-0.15, -0.1) is 0 Å². The average molecular weight is 499 g/mol. The first-order valence-corrected chi connectivity index (χ1v) is 13.1. The molecule has 1 N–H and O–H groups in total. The molecule has 1 saturated heterocycles. The molecular formula is C23H28Cl2N2O4S. The number of nitrogens with one attached hydrogen (secondary N) is 1. The Morgan fingerprint density at radius 2 is 1.62 bits per heavy atom. The van der Waals surface area contributed by atoms with Crippen LogP contribution in [-0.4, -0.2) is 38.3 Å². The van der Waals surface area contributed by atoms with Crippen molar-refractivity contribution < 1.29 is 17.9 Å². The van der Waals surface area contributed by atoms with Crippen molar-refractivity contribution in [1.82, 2.24) is 4.31 Å². The van der Waals surface area contributed by atoms with E-state index in [1.807, 2.05) is 0 Å². The normalized spacial score (nSPS) is 15.2. The monoisotopic (exact) mass is 498 g/mol. The number of rotatable bonds is 8. The van der Waals surface area contributed by atoms with Crippen LogP contribution in [0.25, 0.3) is 0 Å². The Kier molecular flexibility index (Phi) is 8.82. The quantitative estimate of drug-likeness (QED) is 0.453. The Labute approximate surface area is 199 Å². The molecule has 0 aromatic heterocycles. The van der Waals surface area contributed by atoms with E-state index in [0.29, 0.717) is 31.1 Å². The third-order valence-corrected chi connectivity index (χ3v) is 7.79. The summed E-state index contributed by atoms with van der Waals surface area (Å²) < 4.78 is 32.9. The molecule has 2 aromatic carbocycles. The number of amides is 1. The minimum Gasteiger partial charge on any atom is -0.490 e. The number of hydrogen-bond acceptors (Lipinski definition) is 4. The molecule has 0 aliphatic carbocycles. The summed E-state index contributed by atoms with van der Waals surface area (Å²) in [4.78, 5) is 12.9. The van der Waals surface area contributed by atoms with Crippen molar-refractivity contribution in [3.63, 3.8) is 0 Å². The van der Waals surface area contributed by atoms with Gasteiger partial charge in [0.1, 0.15) is 0 Å². The van der Waals surface area contributed by atoms with Gasteiger partial charge in [0.25, 0.3) is 5.91 Å². The number of carbonyl (C=O) groups is 1. The number of carbonyl (C=O) groups excluding carboxylic acids is 1. The molecule has 0 radical (unpaired) electrons. The summed E-state index contributed by atoms with van der Waals surface area (Å²) in [6, 6.07) is 9.19. The van der Waals surface area contributed by atoms with E-state index in [0.717, 1.165) is 38.5 Å². The van der Waals surface area contributed by atoms with Crippen LogP contribution in [0, 0.1) is 0 Å². The number of ether oxygens (including phenoxy) is 1. The molecule has 174 valence electrons. The molecule has 9 heteroatoms. The van der Waals surface area contributed by atoms with Crippen LogP contribution in [0.2, 0.25) is 10.0 Å². The lowest BCUT2D eigenvalue weighted by atomic mass is 10.2. The Morgan fingerprint density at radius 1 is 1.03 bits per heavy atom. The summed E-state index contributed by atoms with van der Waals surface area (Å²) in [5, 5.41) is 3.27. The van der Waals surface area contributed by atoms with Crippen LogP contribution in [-0.2, 0) is 10.0 Å². The lowest BCUT2D eigenvalue weighted by Crippen LogP contribution is -2.31. The summed E-state index contributed by atoms with van der Waals surface area (Å²) in [6.07, 6.45) is 5.71. The van der Waals surface area contributed by atoms with Crippen LogP contribution >= 0.6 is 23.2 Å². The zero-order chi connectivity index (χ0) is 23.1. The fraction of sp³-hybridized carbons (Fsp3) is 0.435. The Balaban J connectivity index is 1.69. The van der Waals surface area contributed by atoms with Crippen LogP contribution < -0.4 is 10.1 Å². The molecule has 1 heterocycles. The third kappa shape index (κ3) is 6.16. The summed E-state index contributed by atoms with van der Waals surface area (Å²) >= 11 is 12.5. The molecule has 1 aliphatic heterocycles. The molecule has 2 aromatic rings. The molecule has 1 fully saturated rings. The van der Waals surface area contributed by atoms with Gasteiger partial charge in [-0.3, -0.25) is 4.79 Å². The highest BCUT2D eigenvalue weighted by Crippen LogP contribution is 2.34. The lowest BCUT2D eigenvalue weighted by molar-refractivity contribution is 0.102. The van der Waals surface area contributed by atoms with Crippen LogP contribution in [0.15, 0.2) is 41.3 Å². The van der Waals surface area contributed by atoms with E-state index in [1.165, 1.54) is 24.3 Å². The predicted molar refractivity (Wildman–Crippen MR) is 128 cm³/mol. The van der Waals surface area contributed by atoms with Crippen molar-refractivity contribution in [2.75, 3.05) is 25.0 Å². The summed E-state index contributed by atoms with van der Waals surface area (Å²) in [5.74, 6) is -0.0431. The van der Waals surface area contributed by atoms with Crippen molar-refractivity contribution in [1.29, 1.82) is 0 Å². The number of anilines is 1. The molecule has 3 rings (SSSR count). The Hall–Kier alpha value is -1.80. The second-order valence-electron chi connectivity index (χ2n) is 7.77. The average Bonchev–Trinajstić information content (AvgIpc) is 3.06. The SMILES string of the molecule is CCCCOc1c(Cl)cc(C(=O)Nc2ccc(S(=O)(=O)N3CCCCCC3)cc2)cc1Cl. The van der Waals surface area contributed by atoms with Crippen molar-refractivity contribution >= 4 is 44.8 Å². The van der Waals surface area contributed by atoms with E-state index in [-0.39, 0.29) is 20.5 Å². The number of hydrogen-bond donors (Lipinski definition) is 1. The maximum absolute atomic E-state index is 12.9. The van der Waals surface area contributed by atoms with Crippen LogP contribution in [0.5, 0.6) is 5.75 Å². The summed E-state index contributed by atoms with van der Waals surface area (Å²) in [5.41, 5.74) is 0.754. The Morgan fingerprint density at radius 3 is 2.19 bits per heavy atom. The van der Waals surface area contributed by atoms with Gasteiger partial charge in [-0.1, -0.05) is 49.4 Å². The Bertz CT molecular complexity index is 1010. The lowest BCUT2D eigenvalue weighted by Gasteiger charge is -2.20. The number of halogens is 2. The molecule has 0 atom stereocenters. The fourth-order valence-electron chi connectivity index (χ4n) is 3.49. The van der Waals surface area contributed by atoms with Gasteiger partial charge in [0, 0.05) is 24.3 Å². The molecule has 0 spiro atoms. The van der Waals surface area contributed by atoms with Gasteiger partial charge in [-0.05, 0) is 55.7 Å². The second kappa shape index (κ2) is 11.4. The molecule has 0 saturated carbocycles. The first kappa shape index (κ1) is 24.8. The molecule has 6 nitrogen and oxygen atoms in total. The minimum absolute atomic E-state index is 0.220.